The number of rotatable bonds is 4. The smallest absolute Gasteiger partial charge is 0.248 e. The lowest BCUT2D eigenvalue weighted by Gasteiger charge is -2.62. The van der Waals surface area contributed by atoms with E-state index in [1.165, 1.54) is 51.4 Å². The molecule has 1 heterocycles. The molecular weight excluding hydrogens is 372 g/mol. The van der Waals surface area contributed by atoms with Crippen molar-refractivity contribution < 1.29 is 9.53 Å². The molecule has 154 valence electrons. The third kappa shape index (κ3) is 2.91. The zero-order chi connectivity index (χ0) is 18.6. The van der Waals surface area contributed by atoms with Crippen molar-refractivity contribution in [2.75, 3.05) is 20.2 Å². The van der Waals surface area contributed by atoms with Crippen molar-refractivity contribution >= 4 is 18.3 Å². The van der Waals surface area contributed by atoms with Crippen LogP contribution in [-0.2, 0) is 10.3 Å². The summed E-state index contributed by atoms with van der Waals surface area (Å²) in [7, 11) is 1.87. The molecule has 5 heteroatoms. The second-order valence-electron chi connectivity index (χ2n) is 9.64. The van der Waals surface area contributed by atoms with E-state index in [1.54, 1.807) is 0 Å². The third-order valence-corrected chi connectivity index (χ3v) is 8.43. The molecular formula is C23H33ClN2O2. The van der Waals surface area contributed by atoms with Crippen molar-refractivity contribution in [1.82, 2.24) is 4.90 Å². The largest absolute Gasteiger partial charge is 0.373 e. The molecule has 1 spiro atoms. The quantitative estimate of drug-likeness (QED) is 0.821. The van der Waals surface area contributed by atoms with Crippen LogP contribution in [-0.4, -0.2) is 37.0 Å². The monoisotopic (exact) mass is 404 g/mol. The molecule has 4 aliphatic rings. The van der Waals surface area contributed by atoms with Gasteiger partial charge in [0, 0.05) is 43.6 Å². The van der Waals surface area contributed by atoms with Crippen molar-refractivity contribution in [3.63, 3.8) is 0 Å². The maximum absolute atomic E-state index is 11.7. The molecule has 0 aromatic heterocycles. The summed E-state index contributed by atoms with van der Waals surface area (Å²) in [6.45, 7) is 2.26. The lowest BCUT2D eigenvalue weighted by molar-refractivity contribution is -0.188. The molecule has 4 nitrogen and oxygen atoms in total. The minimum Gasteiger partial charge on any atom is -0.373 e. The second kappa shape index (κ2) is 7.30. The first kappa shape index (κ1) is 20.2. The van der Waals surface area contributed by atoms with Gasteiger partial charge in [-0.2, -0.15) is 0 Å². The van der Waals surface area contributed by atoms with Crippen LogP contribution in [0.25, 0.3) is 0 Å². The Balaban J connectivity index is 0.00000192. The Hall–Kier alpha value is -1.10. The van der Waals surface area contributed by atoms with Gasteiger partial charge in [-0.3, -0.25) is 9.69 Å². The number of nitrogens with zero attached hydrogens (tertiary/aromatic N) is 1. The van der Waals surface area contributed by atoms with Gasteiger partial charge in [0.15, 0.2) is 0 Å². The van der Waals surface area contributed by atoms with Crippen molar-refractivity contribution in [2.24, 2.45) is 23.0 Å². The molecule has 2 N–H and O–H groups in total. The SMILES string of the molecule is COC1(c2cccc(C(N)=O)c2)C2CCCC1CN(C1CC3(CCC3)C1)C2.Cl. The Bertz CT molecular complexity index is 726. The minimum absolute atomic E-state index is 0. The van der Waals surface area contributed by atoms with Gasteiger partial charge < -0.3 is 10.5 Å². The highest BCUT2D eigenvalue weighted by atomic mass is 35.5. The van der Waals surface area contributed by atoms with Gasteiger partial charge in [-0.25, -0.2) is 0 Å². The summed E-state index contributed by atoms with van der Waals surface area (Å²) in [6, 6.07) is 8.69. The highest BCUT2D eigenvalue weighted by Gasteiger charge is 2.57. The van der Waals surface area contributed by atoms with Crippen LogP contribution in [0.1, 0.15) is 67.3 Å². The predicted octanol–water partition coefficient (Wildman–Crippen LogP) is 4.11. The van der Waals surface area contributed by atoms with Crippen LogP contribution in [0.3, 0.4) is 0 Å². The first-order chi connectivity index (χ1) is 13.1. The Kier molecular flexibility index (Phi) is 5.26. The van der Waals surface area contributed by atoms with E-state index < -0.39 is 0 Å². The number of primary amides is 1. The van der Waals surface area contributed by atoms with E-state index in [-0.39, 0.29) is 23.9 Å². The molecule has 1 aliphatic heterocycles. The molecule has 28 heavy (non-hydrogen) atoms. The average Bonchev–Trinajstić information content (AvgIpc) is 2.58. The summed E-state index contributed by atoms with van der Waals surface area (Å²) in [5.74, 6) is 0.637. The van der Waals surface area contributed by atoms with Gasteiger partial charge in [-0.1, -0.05) is 25.0 Å². The number of piperidine rings is 1. The second-order valence-corrected chi connectivity index (χ2v) is 9.64. The fraction of sp³-hybridized carbons (Fsp3) is 0.696. The molecule has 2 unspecified atom stereocenters. The first-order valence-corrected chi connectivity index (χ1v) is 10.8. The highest BCUT2D eigenvalue weighted by Crippen LogP contribution is 2.59. The van der Waals surface area contributed by atoms with Crippen LogP contribution in [0.5, 0.6) is 0 Å². The van der Waals surface area contributed by atoms with Gasteiger partial charge in [0.25, 0.3) is 0 Å². The van der Waals surface area contributed by atoms with Crippen LogP contribution in [0, 0.1) is 17.3 Å². The molecule has 0 radical (unpaired) electrons. The highest BCUT2D eigenvalue weighted by molar-refractivity contribution is 5.92. The Labute approximate surface area is 174 Å². The number of hydrogen-bond donors (Lipinski definition) is 1. The summed E-state index contributed by atoms with van der Waals surface area (Å²) >= 11 is 0. The van der Waals surface area contributed by atoms with E-state index in [0.29, 0.717) is 17.4 Å². The number of hydrogen-bond acceptors (Lipinski definition) is 3. The number of ether oxygens (including phenoxy) is 1. The maximum Gasteiger partial charge on any atom is 0.248 e. The maximum atomic E-state index is 11.7. The van der Waals surface area contributed by atoms with Crippen molar-refractivity contribution in [1.29, 1.82) is 0 Å². The molecule has 3 saturated carbocycles. The first-order valence-electron chi connectivity index (χ1n) is 10.8. The zero-order valence-corrected chi connectivity index (χ0v) is 17.7. The van der Waals surface area contributed by atoms with E-state index in [4.69, 9.17) is 10.5 Å². The Morgan fingerprint density at radius 2 is 1.82 bits per heavy atom. The van der Waals surface area contributed by atoms with E-state index >= 15 is 0 Å². The lowest BCUT2D eigenvalue weighted by Crippen LogP contribution is -2.64. The van der Waals surface area contributed by atoms with Gasteiger partial charge in [0.05, 0.1) is 0 Å². The number of methoxy groups -OCH3 is 1. The Morgan fingerprint density at radius 3 is 2.36 bits per heavy atom. The van der Waals surface area contributed by atoms with Gasteiger partial charge in [0.1, 0.15) is 5.60 Å². The third-order valence-electron chi connectivity index (χ3n) is 8.43. The normalized spacial score (nSPS) is 34.2. The number of fused-ring (bicyclic) bond motifs is 2. The summed E-state index contributed by atoms with van der Waals surface area (Å²) in [5.41, 5.74) is 7.76. The minimum atomic E-state index is -0.356. The summed E-state index contributed by atoms with van der Waals surface area (Å²) in [4.78, 5) is 14.5. The summed E-state index contributed by atoms with van der Waals surface area (Å²) in [6.07, 6.45) is 10.9. The molecule has 5 rings (SSSR count). The van der Waals surface area contributed by atoms with Crippen LogP contribution in [0.15, 0.2) is 24.3 Å². The number of carbonyl (C=O) groups excluding carboxylic acids is 1. The van der Waals surface area contributed by atoms with Crippen LogP contribution in [0.2, 0.25) is 0 Å². The van der Waals surface area contributed by atoms with E-state index in [9.17, 15) is 4.79 Å². The predicted molar refractivity (Wildman–Crippen MR) is 113 cm³/mol. The van der Waals surface area contributed by atoms with Crippen molar-refractivity contribution in [3.05, 3.63) is 35.4 Å². The fourth-order valence-corrected chi connectivity index (χ4v) is 6.89. The number of nitrogens with two attached hydrogens (primary N) is 1. The number of carbonyl (C=O) groups is 1. The van der Waals surface area contributed by atoms with Crippen molar-refractivity contribution in [3.8, 4) is 0 Å². The molecule has 1 aromatic rings. The van der Waals surface area contributed by atoms with Crippen molar-refractivity contribution in [2.45, 2.75) is 63.0 Å². The van der Waals surface area contributed by atoms with Crippen LogP contribution in [0.4, 0.5) is 0 Å². The van der Waals surface area contributed by atoms with Gasteiger partial charge in [-0.05, 0) is 61.6 Å². The number of halogens is 1. The van der Waals surface area contributed by atoms with Crippen LogP contribution < -0.4 is 5.73 Å². The topological polar surface area (TPSA) is 55.6 Å². The summed E-state index contributed by atoms with van der Waals surface area (Å²) < 4.78 is 6.34. The van der Waals surface area contributed by atoms with E-state index in [2.05, 4.69) is 11.0 Å². The molecule has 1 saturated heterocycles. The van der Waals surface area contributed by atoms with Gasteiger partial charge >= 0.3 is 0 Å². The van der Waals surface area contributed by atoms with Gasteiger partial charge in [0.2, 0.25) is 5.91 Å². The molecule has 1 amide bonds. The standard InChI is InChI=1S/C23H32N2O2.ClH/c1-27-23(17-6-2-5-16(11-17)21(24)26)18-7-3-8-19(23)15-25(14-18)20-12-22(13-20)9-4-10-22;/h2,5-6,11,18-20H,3-4,7-10,12-15H2,1H3,(H2,24,26);1H. The molecule has 4 fully saturated rings. The number of likely N-dealkylation sites (tertiary alicyclic amines) is 1. The summed E-state index contributed by atoms with van der Waals surface area (Å²) in [5, 5.41) is 0. The Morgan fingerprint density at radius 1 is 1.14 bits per heavy atom. The van der Waals surface area contributed by atoms with Crippen LogP contribution >= 0.6 is 12.4 Å². The zero-order valence-electron chi connectivity index (χ0n) is 16.9. The van der Waals surface area contributed by atoms with E-state index in [1.807, 2.05) is 25.3 Å². The van der Waals surface area contributed by atoms with Gasteiger partial charge in [-0.15, -0.1) is 12.4 Å². The number of benzene rings is 1. The fourth-order valence-electron chi connectivity index (χ4n) is 6.89. The average molecular weight is 405 g/mol. The number of amides is 1. The molecule has 2 atom stereocenters. The molecule has 2 bridgehead atoms. The molecule has 1 aromatic carbocycles. The van der Waals surface area contributed by atoms with E-state index in [0.717, 1.165) is 30.1 Å². The molecule has 3 aliphatic carbocycles. The lowest BCUT2D eigenvalue weighted by atomic mass is 9.53.